The van der Waals surface area contributed by atoms with Crippen LogP contribution in [0.2, 0.25) is 5.02 Å². The maximum Gasteiger partial charge on any atom is 0.338 e. The Hall–Kier alpha value is -1.53. The molecular weight excluding hydrogens is 226 g/mol. The van der Waals surface area contributed by atoms with Crippen LogP contribution in [0.5, 0.6) is 0 Å². The van der Waals surface area contributed by atoms with Gasteiger partial charge in [-0.1, -0.05) is 11.6 Å². The highest BCUT2D eigenvalue weighted by molar-refractivity contribution is 6.31. The molecule has 1 aromatic carbocycles. The molecular formula is C12H12ClNO2. The molecule has 0 radical (unpaired) electrons. The molecule has 0 aliphatic carbocycles. The molecule has 0 saturated carbocycles. The lowest BCUT2D eigenvalue weighted by molar-refractivity contribution is 0.00695. The van der Waals surface area contributed by atoms with E-state index < -0.39 is 11.6 Å². The molecule has 0 unspecified atom stereocenters. The zero-order valence-electron chi connectivity index (χ0n) is 9.37. The van der Waals surface area contributed by atoms with Crippen LogP contribution < -0.4 is 0 Å². The van der Waals surface area contributed by atoms with Crippen LogP contribution in [0.3, 0.4) is 0 Å². The second-order valence-electron chi connectivity index (χ2n) is 4.34. The molecule has 0 fully saturated rings. The predicted octanol–water partition coefficient (Wildman–Crippen LogP) is 3.17. The highest BCUT2D eigenvalue weighted by Crippen LogP contribution is 2.18. The number of benzene rings is 1. The topological polar surface area (TPSA) is 50.1 Å². The summed E-state index contributed by atoms with van der Waals surface area (Å²) in [6.45, 7) is 5.34. The third kappa shape index (κ3) is 3.56. The van der Waals surface area contributed by atoms with Gasteiger partial charge in [0.05, 0.1) is 17.2 Å². The summed E-state index contributed by atoms with van der Waals surface area (Å²) in [5.74, 6) is -0.480. The Kier molecular flexibility index (Phi) is 3.56. The Labute approximate surface area is 99.6 Å². The van der Waals surface area contributed by atoms with E-state index in [9.17, 15) is 4.79 Å². The lowest BCUT2D eigenvalue weighted by Crippen LogP contribution is -2.23. The smallest absolute Gasteiger partial charge is 0.338 e. The van der Waals surface area contributed by atoms with E-state index in [1.54, 1.807) is 20.8 Å². The van der Waals surface area contributed by atoms with Crippen LogP contribution in [0.1, 0.15) is 36.7 Å². The number of nitrogens with zero attached hydrogens (tertiary/aromatic N) is 1. The lowest BCUT2D eigenvalue weighted by atomic mass is 10.1. The number of hydrogen-bond donors (Lipinski definition) is 0. The number of halogens is 1. The Morgan fingerprint density at radius 3 is 2.50 bits per heavy atom. The average Bonchev–Trinajstić information content (AvgIpc) is 2.14. The molecule has 84 valence electrons. The molecule has 0 amide bonds. The molecule has 4 heteroatoms. The van der Waals surface area contributed by atoms with Crippen molar-refractivity contribution in [2.45, 2.75) is 26.4 Å². The van der Waals surface area contributed by atoms with Crippen LogP contribution in [0, 0.1) is 11.3 Å². The van der Waals surface area contributed by atoms with Gasteiger partial charge in [0.1, 0.15) is 5.60 Å². The van der Waals surface area contributed by atoms with Gasteiger partial charge in [-0.05, 0) is 39.0 Å². The van der Waals surface area contributed by atoms with E-state index in [1.165, 1.54) is 18.2 Å². The Balaban J connectivity index is 3.01. The van der Waals surface area contributed by atoms with E-state index in [2.05, 4.69) is 0 Å². The number of carbonyl (C=O) groups is 1. The van der Waals surface area contributed by atoms with E-state index in [0.29, 0.717) is 16.1 Å². The van der Waals surface area contributed by atoms with Gasteiger partial charge in [-0.3, -0.25) is 0 Å². The molecule has 0 bridgehead atoms. The van der Waals surface area contributed by atoms with Crippen molar-refractivity contribution in [2.24, 2.45) is 0 Å². The number of ether oxygens (including phenoxy) is 1. The zero-order valence-corrected chi connectivity index (χ0v) is 10.1. The number of esters is 1. The van der Waals surface area contributed by atoms with Gasteiger partial charge in [0.25, 0.3) is 0 Å². The number of carbonyl (C=O) groups excluding carboxylic acids is 1. The first-order chi connectivity index (χ1) is 7.31. The van der Waals surface area contributed by atoms with Crippen molar-refractivity contribution in [3.63, 3.8) is 0 Å². The van der Waals surface area contributed by atoms with Crippen molar-refractivity contribution < 1.29 is 9.53 Å². The first kappa shape index (κ1) is 12.5. The van der Waals surface area contributed by atoms with E-state index in [0.717, 1.165) is 0 Å². The van der Waals surface area contributed by atoms with Crippen LogP contribution in [-0.2, 0) is 4.74 Å². The van der Waals surface area contributed by atoms with Crippen LogP contribution in [0.4, 0.5) is 0 Å². The van der Waals surface area contributed by atoms with E-state index >= 15 is 0 Å². The minimum atomic E-state index is -0.563. The summed E-state index contributed by atoms with van der Waals surface area (Å²) in [6.07, 6.45) is 0. The SMILES string of the molecule is CC(C)(C)OC(=O)c1cc(Cl)cc(C#N)c1. The molecule has 0 aliphatic heterocycles. The molecule has 0 heterocycles. The summed E-state index contributed by atoms with van der Waals surface area (Å²) in [5.41, 5.74) is 0.0685. The van der Waals surface area contributed by atoms with Gasteiger partial charge in [0.2, 0.25) is 0 Å². The molecule has 16 heavy (non-hydrogen) atoms. The standard InChI is InChI=1S/C12H12ClNO2/c1-12(2,3)16-11(15)9-4-8(7-14)5-10(13)6-9/h4-6H,1-3H3. The predicted molar refractivity (Wildman–Crippen MR) is 61.3 cm³/mol. The molecule has 0 N–H and O–H groups in total. The maximum atomic E-state index is 11.7. The highest BCUT2D eigenvalue weighted by Gasteiger charge is 2.18. The zero-order chi connectivity index (χ0) is 12.3. The fourth-order valence-corrected chi connectivity index (χ4v) is 1.34. The van der Waals surface area contributed by atoms with Crippen molar-refractivity contribution in [1.82, 2.24) is 0 Å². The molecule has 0 aromatic heterocycles. The molecule has 0 aliphatic rings. The van der Waals surface area contributed by atoms with Gasteiger partial charge >= 0.3 is 5.97 Å². The van der Waals surface area contributed by atoms with Crippen molar-refractivity contribution in [3.05, 3.63) is 34.3 Å². The third-order valence-electron chi connectivity index (χ3n) is 1.66. The third-order valence-corrected chi connectivity index (χ3v) is 1.88. The minimum absolute atomic E-state index is 0.291. The highest BCUT2D eigenvalue weighted by atomic mass is 35.5. The molecule has 1 rings (SSSR count). The van der Waals surface area contributed by atoms with E-state index in [-0.39, 0.29) is 0 Å². The average molecular weight is 238 g/mol. The molecule has 0 spiro atoms. The second-order valence-corrected chi connectivity index (χ2v) is 4.78. The normalized spacial score (nSPS) is 10.7. The monoisotopic (exact) mass is 237 g/mol. The van der Waals surface area contributed by atoms with Gasteiger partial charge in [-0.25, -0.2) is 4.79 Å². The largest absolute Gasteiger partial charge is 0.456 e. The van der Waals surface area contributed by atoms with Gasteiger partial charge in [0, 0.05) is 5.02 Å². The summed E-state index contributed by atoms with van der Waals surface area (Å²) >= 11 is 5.79. The van der Waals surface area contributed by atoms with Crippen molar-refractivity contribution in [2.75, 3.05) is 0 Å². The number of rotatable bonds is 1. The second kappa shape index (κ2) is 4.54. The first-order valence-electron chi connectivity index (χ1n) is 4.76. The summed E-state index contributed by atoms with van der Waals surface area (Å²) < 4.78 is 5.17. The fraction of sp³-hybridized carbons (Fsp3) is 0.333. The van der Waals surface area contributed by atoms with Gasteiger partial charge in [-0.2, -0.15) is 5.26 Å². The van der Waals surface area contributed by atoms with Crippen molar-refractivity contribution in [1.29, 1.82) is 5.26 Å². The summed E-state index contributed by atoms with van der Waals surface area (Å²) in [4.78, 5) is 11.7. The summed E-state index contributed by atoms with van der Waals surface area (Å²) in [7, 11) is 0. The molecule has 0 atom stereocenters. The van der Waals surface area contributed by atoms with E-state index in [4.69, 9.17) is 21.6 Å². The van der Waals surface area contributed by atoms with Gasteiger partial charge < -0.3 is 4.74 Å². The Morgan fingerprint density at radius 2 is 2.00 bits per heavy atom. The first-order valence-corrected chi connectivity index (χ1v) is 5.13. The Morgan fingerprint density at radius 1 is 1.38 bits per heavy atom. The molecule has 1 aromatic rings. The summed E-state index contributed by atoms with van der Waals surface area (Å²) in [5, 5.41) is 9.09. The van der Waals surface area contributed by atoms with Crippen molar-refractivity contribution >= 4 is 17.6 Å². The lowest BCUT2D eigenvalue weighted by Gasteiger charge is -2.19. The fourth-order valence-electron chi connectivity index (χ4n) is 1.11. The van der Waals surface area contributed by atoms with Crippen LogP contribution in [0.25, 0.3) is 0 Å². The Bertz CT molecular complexity index is 455. The number of nitriles is 1. The van der Waals surface area contributed by atoms with Gasteiger partial charge in [-0.15, -0.1) is 0 Å². The van der Waals surface area contributed by atoms with Crippen molar-refractivity contribution in [3.8, 4) is 6.07 Å². The molecule has 0 saturated heterocycles. The van der Waals surface area contributed by atoms with Crippen LogP contribution in [0.15, 0.2) is 18.2 Å². The minimum Gasteiger partial charge on any atom is -0.456 e. The van der Waals surface area contributed by atoms with Crippen LogP contribution >= 0.6 is 11.6 Å². The number of hydrogen-bond acceptors (Lipinski definition) is 3. The van der Waals surface area contributed by atoms with Crippen LogP contribution in [-0.4, -0.2) is 11.6 Å². The quantitative estimate of drug-likeness (QED) is 0.705. The summed E-state index contributed by atoms with van der Waals surface area (Å²) in [6, 6.07) is 6.37. The molecule has 3 nitrogen and oxygen atoms in total. The maximum absolute atomic E-state index is 11.7. The van der Waals surface area contributed by atoms with Gasteiger partial charge in [0.15, 0.2) is 0 Å². The van der Waals surface area contributed by atoms with E-state index in [1.807, 2.05) is 6.07 Å².